The number of halogens is 5. The molecule has 0 saturated carbocycles. The van der Waals surface area contributed by atoms with Gasteiger partial charge in [0.25, 0.3) is 5.91 Å². The van der Waals surface area contributed by atoms with E-state index in [1.165, 1.54) is 7.11 Å². The molecule has 1 unspecified atom stereocenters. The molecule has 1 amide bonds. The maximum atomic E-state index is 12.6. The fourth-order valence-electron chi connectivity index (χ4n) is 1.44. The average molecular weight is 277 g/mol. The monoisotopic (exact) mass is 277 g/mol. The van der Waals surface area contributed by atoms with Gasteiger partial charge < -0.3 is 14.8 Å². The maximum Gasteiger partial charge on any atom is 0.463 e. The molecule has 18 heavy (non-hydrogen) atoms. The van der Waals surface area contributed by atoms with Crippen molar-refractivity contribution in [2.24, 2.45) is 0 Å². The van der Waals surface area contributed by atoms with Crippen LogP contribution in [0.4, 0.5) is 22.0 Å². The predicted octanol–water partition coefficient (Wildman–Crippen LogP) is 1.11. The first-order chi connectivity index (χ1) is 8.15. The van der Waals surface area contributed by atoms with Crippen molar-refractivity contribution < 1.29 is 36.2 Å². The number of carbonyl (C=O) groups is 1. The Morgan fingerprint density at radius 1 is 1.39 bits per heavy atom. The van der Waals surface area contributed by atoms with Gasteiger partial charge in [-0.15, -0.1) is 0 Å². The van der Waals surface area contributed by atoms with Crippen molar-refractivity contribution in [3.63, 3.8) is 0 Å². The second kappa shape index (κ2) is 4.96. The van der Waals surface area contributed by atoms with Crippen LogP contribution in [0, 0.1) is 0 Å². The van der Waals surface area contributed by atoms with Crippen molar-refractivity contribution >= 4 is 5.91 Å². The van der Waals surface area contributed by atoms with Crippen molar-refractivity contribution in [1.82, 2.24) is 5.32 Å². The maximum absolute atomic E-state index is 12.6. The normalized spacial score (nSPS) is 25.2. The molecule has 4 nitrogen and oxygen atoms in total. The van der Waals surface area contributed by atoms with Crippen LogP contribution in [0.3, 0.4) is 0 Å². The summed E-state index contributed by atoms with van der Waals surface area (Å²) in [5, 5.41) is 1.55. The largest absolute Gasteiger partial charge is 0.463 e. The van der Waals surface area contributed by atoms with Crippen LogP contribution in [0.1, 0.15) is 6.42 Å². The van der Waals surface area contributed by atoms with Gasteiger partial charge in [-0.05, 0) is 0 Å². The van der Waals surface area contributed by atoms with Gasteiger partial charge in [-0.3, -0.25) is 4.79 Å². The number of amides is 1. The molecule has 0 aromatic heterocycles. The number of ether oxygens (including phenoxy) is 2. The Hall–Kier alpha value is -0.960. The van der Waals surface area contributed by atoms with E-state index in [2.05, 4.69) is 0 Å². The van der Waals surface area contributed by atoms with E-state index >= 15 is 0 Å². The van der Waals surface area contributed by atoms with Gasteiger partial charge in [0.15, 0.2) is 0 Å². The van der Waals surface area contributed by atoms with E-state index in [1.54, 1.807) is 5.32 Å². The molecule has 0 aromatic carbocycles. The Labute approximate surface area is 99.4 Å². The molecule has 106 valence electrons. The molecule has 0 bridgehead atoms. The van der Waals surface area contributed by atoms with Crippen LogP contribution >= 0.6 is 0 Å². The highest BCUT2D eigenvalue weighted by Gasteiger charge is 2.63. The topological polar surface area (TPSA) is 47.6 Å². The molecule has 1 heterocycles. The second-order valence-electron chi connectivity index (χ2n) is 3.94. The van der Waals surface area contributed by atoms with Crippen LogP contribution < -0.4 is 5.32 Å². The lowest BCUT2D eigenvalue weighted by atomic mass is 10.0. The minimum absolute atomic E-state index is 0.0291. The number of nitrogens with one attached hydrogen (secondary N) is 1. The van der Waals surface area contributed by atoms with Crippen LogP contribution in [0.5, 0.6) is 0 Å². The van der Waals surface area contributed by atoms with E-state index in [0.29, 0.717) is 13.0 Å². The summed E-state index contributed by atoms with van der Waals surface area (Å²) in [5.74, 6) is -7.81. The summed E-state index contributed by atoms with van der Waals surface area (Å²) in [4.78, 5) is 10.8. The number of hydrogen-bond donors (Lipinski definition) is 1. The molecule has 1 saturated heterocycles. The molecule has 1 fully saturated rings. The molecule has 1 aliphatic heterocycles. The second-order valence-corrected chi connectivity index (χ2v) is 3.94. The summed E-state index contributed by atoms with van der Waals surface area (Å²) < 4.78 is 70.9. The van der Waals surface area contributed by atoms with E-state index in [1.807, 2.05) is 0 Å². The third-order valence-corrected chi connectivity index (χ3v) is 2.71. The Balaban J connectivity index is 2.61. The highest BCUT2D eigenvalue weighted by molar-refractivity contribution is 5.84. The zero-order valence-corrected chi connectivity index (χ0v) is 9.44. The molecule has 1 N–H and O–H groups in total. The first kappa shape index (κ1) is 15.1. The SMILES string of the molecule is COC1(CNC(=O)C(F)(F)C(F)(F)F)CCOC1. The number of carbonyl (C=O) groups excluding carboxylic acids is 1. The van der Waals surface area contributed by atoms with Crippen LogP contribution in [-0.4, -0.2) is 50.5 Å². The van der Waals surface area contributed by atoms with E-state index in [9.17, 15) is 26.7 Å². The smallest absolute Gasteiger partial charge is 0.378 e. The fourth-order valence-corrected chi connectivity index (χ4v) is 1.44. The summed E-state index contributed by atoms with van der Waals surface area (Å²) in [6.45, 7) is -0.144. The Morgan fingerprint density at radius 2 is 2.00 bits per heavy atom. The van der Waals surface area contributed by atoms with Gasteiger partial charge in [0.1, 0.15) is 5.60 Å². The lowest BCUT2D eigenvalue weighted by molar-refractivity contribution is -0.270. The van der Waals surface area contributed by atoms with Crippen LogP contribution in [-0.2, 0) is 14.3 Å². The molecule has 0 spiro atoms. The minimum atomic E-state index is -5.91. The lowest BCUT2D eigenvalue weighted by Crippen LogP contribution is -2.54. The number of methoxy groups -OCH3 is 1. The summed E-state index contributed by atoms with van der Waals surface area (Å²) in [7, 11) is 1.27. The van der Waals surface area contributed by atoms with E-state index in [-0.39, 0.29) is 6.61 Å². The summed E-state index contributed by atoms with van der Waals surface area (Å²) in [6, 6.07) is 0. The summed E-state index contributed by atoms with van der Waals surface area (Å²) >= 11 is 0. The highest BCUT2D eigenvalue weighted by atomic mass is 19.4. The molecular formula is C9H12F5NO3. The third kappa shape index (κ3) is 2.89. The number of alkyl halides is 5. The van der Waals surface area contributed by atoms with Gasteiger partial charge in [-0.1, -0.05) is 0 Å². The molecule has 0 aliphatic carbocycles. The zero-order chi connectivity index (χ0) is 14.0. The van der Waals surface area contributed by atoms with Crippen molar-refractivity contribution in [2.75, 3.05) is 26.9 Å². The fraction of sp³-hybridized carbons (Fsp3) is 0.889. The molecular weight excluding hydrogens is 265 g/mol. The van der Waals surface area contributed by atoms with Crippen molar-refractivity contribution in [3.8, 4) is 0 Å². The molecule has 9 heteroatoms. The van der Waals surface area contributed by atoms with E-state index < -0.39 is 30.2 Å². The van der Waals surface area contributed by atoms with Gasteiger partial charge in [0.05, 0.1) is 6.61 Å². The molecule has 0 radical (unpaired) electrons. The van der Waals surface area contributed by atoms with Crippen molar-refractivity contribution in [2.45, 2.75) is 24.1 Å². The van der Waals surface area contributed by atoms with Crippen LogP contribution in [0.25, 0.3) is 0 Å². The third-order valence-electron chi connectivity index (χ3n) is 2.71. The highest BCUT2D eigenvalue weighted by Crippen LogP contribution is 2.35. The van der Waals surface area contributed by atoms with Crippen LogP contribution in [0.15, 0.2) is 0 Å². The predicted molar refractivity (Wildman–Crippen MR) is 49.2 cm³/mol. The number of hydrogen-bond acceptors (Lipinski definition) is 3. The van der Waals surface area contributed by atoms with Crippen LogP contribution in [0.2, 0.25) is 0 Å². The summed E-state index contributed by atoms with van der Waals surface area (Å²) in [5.41, 5.74) is -1.04. The molecule has 1 aliphatic rings. The lowest BCUT2D eigenvalue weighted by Gasteiger charge is -2.27. The summed E-state index contributed by atoms with van der Waals surface area (Å²) in [6.07, 6.45) is -5.61. The van der Waals surface area contributed by atoms with E-state index in [4.69, 9.17) is 9.47 Å². The van der Waals surface area contributed by atoms with Gasteiger partial charge >= 0.3 is 12.1 Å². The first-order valence-corrected chi connectivity index (χ1v) is 5.00. The Bertz CT molecular complexity index is 312. The first-order valence-electron chi connectivity index (χ1n) is 5.00. The number of rotatable bonds is 4. The Kier molecular flexibility index (Phi) is 4.16. The standard InChI is InChI=1S/C9H12F5NO3/c1-17-7(2-3-18-5-7)4-15-6(16)8(10,11)9(12,13)14/h2-5H2,1H3,(H,15,16). The average Bonchev–Trinajstić information content (AvgIpc) is 2.73. The van der Waals surface area contributed by atoms with Gasteiger partial charge in [-0.25, -0.2) is 0 Å². The van der Waals surface area contributed by atoms with Gasteiger partial charge in [0.2, 0.25) is 0 Å². The molecule has 1 rings (SSSR count). The molecule has 1 atom stereocenters. The zero-order valence-electron chi connectivity index (χ0n) is 9.44. The van der Waals surface area contributed by atoms with E-state index in [0.717, 1.165) is 0 Å². The van der Waals surface area contributed by atoms with Crippen molar-refractivity contribution in [1.29, 1.82) is 0 Å². The Morgan fingerprint density at radius 3 is 2.39 bits per heavy atom. The van der Waals surface area contributed by atoms with Crippen molar-refractivity contribution in [3.05, 3.63) is 0 Å². The van der Waals surface area contributed by atoms with Gasteiger partial charge in [0, 0.05) is 26.7 Å². The quantitative estimate of drug-likeness (QED) is 0.783. The minimum Gasteiger partial charge on any atom is -0.378 e. The van der Waals surface area contributed by atoms with Gasteiger partial charge in [-0.2, -0.15) is 22.0 Å². The molecule has 0 aromatic rings.